The maximum absolute atomic E-state index is 5.50. The molecule has 1 heterocycles. The van der Waals surface area contributed by atoms with Crippen LogP contribution in [0.4, 0.5) is 0 Å². The molecule has 0 aromatic carbocycles. The van der Waals surface area contributed by atoms with E-state index < -0.39 is 0 Å². The lowest BCUT2D eigenvalue weighted by Gasteiger charge is -2.13. The van der Waals surface area contributed by atoms with E-state index in [1.165, 1.54) is 5.57 Å². The Hall–Kier alpha value is -1.06. The second-order valence-electron chi connectivity index (χ2n) is 3.48. The SMILES string of the molecule is C=C(CC)CC(NN)c1ccc(C)o1. The number of rotatable bonds is 5. The van der Waals surface area contributed by atoms with E-state index in [4.69, 9.17) is 10.3 Å². The van der Waals surface area contributed by atoms with Crippen molar-refractivity contribution in [2.24, 2.45) is 5.84 Å². The van der Waals surface area contributed by atoms with Crippen LogP contribution in [0.1, 0.15) is 37.3 Å². The summed E-state index contributed by atoms with van der Waals surface area (Å²) in [6, 6.07) is 3.92. The van der Waals surface area contributed by atoms with E-state index in [0.29, 0.717) is 0 Å². The van der Waals surface area contributed by atoms with Gasteiger partial charge in [-0.2, -0.15) is 0 Å². The number of nitrogens with one attached hydrogen (secondary N) is 1. The first-order valence-electron chi connectivity index (χ1n) is 4.86. The van der Waals surface area contributed by atoms with Gasteiger partial charge in [-0.15, -0.1) is 0 Å². The van der Waals surface area contributed by atoms with E-state index in [1.807, 2.05) is 19.1 Å². The fraction of sp³-hybridized carbons (Fsp3) is 0.455. The van der Waals surface area contributed by atoms with Crippen LogP contribution in [0.2, 0.25) is 0 Å². The average Bonchev–Trinajstić information content (AvgIpc) is 2.60. The molecule has 0 aliphatic rings. The molecule has 1 rings (SSSR count). The lowest BCUT2D eigenvalue weighted by molar-refractivity contribution is 0.401. The molecular formula is C11H18N2O. The fourth-order valence-corrected chi connectivity index (χ4v) is 1.32. The number of nitrogens with two attached hydrogens (primary N) is 1. The number of hydrogen-bond acceptors (Lipinski definition) is 3. The first kappa shape index (κ1) is 11.0. The molecule has 0 fully saturated rings. The van der Waals surface area contributed by atoms with Gasteiger partial charge in [-0.1, -0.05) is 19.1 Å². The van der Waals surface area contributed by atoms with Crippen molar-refractivity contribution in [3.8, 4) is 0 Å². The standard InChI is InChI=1S/C11H18N2O/c1-4-8(2)7-10(13-12)11-6-5-9(3)14-11/h5-6,10,13H,2,4,7,12H2,1,3H3. The number of hydrogen-bond donors (Lipinski definition) is 2. The third-order valence-corrected chi connectivity index (χ3v) is 2.30. The van der Waals surface area contributed by atoms with Gasteiger partial charge in [0.1, 0.15) is 11.5 Å². The number of aryl methyl sites for hydroxylation is 1. The average molecular weight is 194 g/mol. The number of hydrazine groups is 1. The van der Waals surface area contributed by atoms with E-state index in [9.17, 15) is 0 Å². The summed E-state index contributed by atoms with van der Waals surface area (Å²) in [5.41, 5.74) is 3.91. The Labute approximate surface area is 85.0 Å². The zero-order valence-corrected chi connectivity index (χ0v) is 8.84. The van der Waals surface area contributed by atoms with Gasteiger partial charge in [0.2, 0.25) is 0 Å². The van der Waals surface area contributed by atoms with Crippen LogP contribution in [0.25, 0.3) is 0 Å². The highest BCUT2D eigenvalue weighted by Gasteiger charge is 2.13. The monoisotopic (exact) mass is 194 g/mol. The molecule has 0 saturated carbocycles. The first-order valence-corrected chi connectivity index (χ1v) is 4.86. The van der Waals surface area contributed by atoms with Gasteiger partial charge in [-0.25, -0.2) is 5.43 Å². The maximum Gasteiger partial charge on any atom is 0.122 e. The van der Waals surface area contributed by atoms with Crippen molar-refractivity contribution < 1.29 is 4.42 Å². The molecule has 3 heteroatoms. The summed E-state index contributed by atoms with van der Waals surface area (Å²) >= 11 is 0. The van der Waals surface area contributed by atoms with Gasteiger partial charge in [0.15, 0.2) is 0 Å². The summed E-state index contributed by atoms with van der Waals surface area (Å²) in [4.78, 5) is 0. The van der Waals surface area contributed by atoms with Crippen molar-refractivity contribution in [3.05, 3.63) is 35.8 Å². The highest BCUT2D eigenvalue weighted by Crippen LogP contribution is 2.22. The highest BCUT2D eigenvalue weighted by molar-refractivity contribution is 5.12. The van der Waals surface area contributed by atoms with Crippen LogP contribution in [0.3, 0.4) is 0 Å². The van der Waals surface area contributed by atoms with Gasteiger partial charge in [0.25, 0.3) is 0 Å². The quantitative estimate of drug-likeness (QED) is 0.430. The predicted molar refractivity (Wildman–Crippen MR) is 57.6 cm³/mol. The molecule has 1 aromatic heterocycles. The van der Waals surface area contributed by atoms with Crippen molar-refractivity contribution in [2.45, 2.75) is 32.7 Å². The summed E-state index contributed by atoms with van der Waals surface area (Å²) < 4.78 is 5.50. The number of furan rings is 1. The van der Waals surface area contributed by atoms with Crippen molar-refractivity contribution in [3.63, 3.8) is 0 Å². The Bertz CT molecular complexity index is 304. The van der Waals surface area contributed by atoms with Gasteiger partial charge in [0.05, 0.1) is 6.04 Å². The minimum Gasteiger partial charge on any atom is -0.465 e. The Morgan fingerprint density at radius 3 is 2.79 bits per heavy atom. The van der Waals surface area contributed by atoms with E-state index in [-0.39, 0.29) is 6.04 Å². The van der Waals surface area contributed by atoms with Crippen LogP contribution in [0.5, 0.6) is 0 Å². The lowest BCUT2D eigenvalue weighted by Crippen LogP contribution is -2.27. The smallest absolute Gasteiger partial charge is 0.122 e. The van der Waals surface area contributed by atoms with E-state index in [0.717, 1.165) is 24.4 Å². The maximum atomic E-state index is 5.50. The third-order valence-electron chi connectivity index (χ3n) is 2.30. The minimum atomic E-state index is 0.0381. The molecule has 0 radical (unpaired) electrons. The summed E-state index contributed by atoms with van der Waals surface area (Å²) in [5.74, 6) is 7.25. The van der Waals surface area contributed by atoms with Crippen LogP contribution in [-0.4, -0.2) is 0 Å². The molecule has 0 spiro atoms. The highest BCUT2D eigenvalue weighted by atomic mass is 16.3. The first-order chi connectivity index (χ1) is 6.67. The van der Waals surface area contributed by atoms with E-state index in [2.05, 4.69) is 18.9 Å². The topological polar surface area (TPSA) is 51.2 Å². The molecule has 14 heavy (non-hydrogen) atoms. The summed E-state index contributed by atoms with van der Waals surface area (Å²) in [7, 11) is 0. The molecule has 0 saturated heterocycles. The molecule has 3 N–H and O–H groups in total. The van der Waals surface area contributed by atoms with E-state index >= 15 is 0 Å². The van der Waals surface area contributed by atoms with Crippen LogP contribution < -0.4 is 11.3 Å². The summed E-state index contributed by atoms with van der Waals surface area (Å²) in [6.07, 6.45) is 1.79. The largest absolute Gasteiger partial charge is 0.465 e. The normalized spacial score (nSPS) is 12.8. The van der Waals surface area contributed by atoms with Crippen molar-refractivity contribution in [2.75, 3.05) is 0 Å². The summed E-state index contributed by atoms with van der Waals surface area (Å²) in [6.45, 7) is 7.96. The van der Waals surface area contributed by atoms with Crippen molar-refractivity contribution in [1.82, 2.24) is 5.43 Å². The van der Waals surface area contributed by atoms with Crippen molar-refractivity contribution >= 4 is 0 Å². The van der Waals surface area contributed by atoms with Gasteiger partial charge in [0, 0.05) is 0 Å². The van der Waals surface area contributed by atoms with Gasteiger partial charge < -0.3 is 4.42 Å². The molecule has 3 nitrogen and oxygen atoms in total. The Morgan fingerprint density at radius 1 is 1.64 bits per heavy atom. The molecule has 0 aliphatic carbocycles. The molecule has 1 unspecified atom stereocenters. The van der Waals surface area contributed by atoms with Gasteiger partial charge in [-0.3, -0.25) is 5.84 Å². The molecule has 78 valence electrons. The Kier molecular flexibility index (Phi) is 3.92. The van der Waals surface area contributed by atoms with Crippen LogP contribution in [0, 0.1) is 6.92 Å². The minimum absolute atomic E-state index is 0.0381. The van der Waals surface area contributed by atoms with E-state index in [1.54, 1.807) is 0 Å². The van der Waals surface area contributed by atoms with Crippen LogP contribution >= 0.6 is 0 Å². The van der Waals surface area contributed by atoms with Gasteiger partial charge >= 0.3 is 0 Å². The molecule has 1 aromatic rings. The molecule has 0 aliphatic heterocycles. The zero-order chi connectivity index (χ0) is 10.6. The second kappa shape index (κ2) is 4.98. The Morgan fingerprint density at radius 2 is 2.36 bits per heavy atom. The molecule has 0 bridgehead atoms. The summed E-state index contributed by atoms with van der Waals surface area (Å²) in [5, 5.41) is 0. The second-order valence-corrected chi connectivity index (χ2v) is 3.48. The predicted octanol–water partition coefficient (Wildman–Crippen LogP) is 2.45. The van der Waals surface area contributed by atoms with Crippen LogP contribution in [-0.2, 0) is 0 Å². The molecular weight excluding hydrogens is 176 g/mol. The zero-order valence-electron chi connectivity index (χ0n) is 8.84. The van der Waals surface area contributed by atoms with Crippen LogP contribution in [0.15, 0.2) is 28.7 Å². The Balaban J connectivity index is 2.67. The molecule has 0 amide bonds. The lowest BCUT2D eigenvalue weighted by atomic mass is 10.0. The van der Waals surface area contributed by atoms with Gasteiger partial charge in [-0.05, 0) is 31.9 Å². The third kappa shape index (κ3) is 2.72. The van der Waals surface area contributed by atoms with Crippen molar-refractivity contribution in [1.29, 1.82) is 0 Å². The fourth-order valence-electron chi connectivity index (χ4n) is 1.32. The molecule has 1 atom stereocenters.